The van der Waals surface area contributed by atoms with Gasteiger partial charge in [-0.25, -0.2) is 4.68 Å². The first kappa shape index (κ1) is 14.8. The average Bonchev–Trinajstić information content (AvgIpc) is 2.81. The molecule has 2 aromatic rings. The highest BCUT2D eigenvalue weighted by molar-refractivity contribution is 14.1. The summed E-state index contributed by atoms with van der Waals surface area (Å²) in [6.45, 7) is 1.04. The minimum atomic E-state index is 0.390. The molecule has 0 bridgehead atoms. The fraction of sp³-hybridized carbons (Fsp3) is 0.286. The van der Waals surface area contributed by atoms with Crippen LogP contribution in [0.2, 0.25) is 0 Å². The van der Waals surface area contributed by atoms with Gasteiger partial charge in [0.25, 0.3) is 0 Å². The van der Waals surface area contributed by atoms with Crippen LogP contribution in [0.15, 0.2) is 24.3 Å². The van der Waals surface area contributed by atoms with E-state index in [1.165, 1.54) is 0 Å². The Morgan fingerprint density at radius 3 is 2.65 bits per heavy atom. The molecule has 0 spiro atoms. The van der Waals surface area contributed by atoms with Gasteiger partial charge in [-0.15, -0.1) is 5.10 Å². The van der Waals surface area contributed by atoms with E-state index in [2.05, 4.69) is 44.7 Å². The summed E-state index contributed by atoms with van der Waals surface area (Å²) in [5.41, 5.74) is 1.81. The van der Waals surface area contributed by atoms with Crippen molar-refractivity contribution in [3.63, 3.8) is 0 Å². The Morgan fingerprint density at radius 1 is 1.25 bits per heavy atom. The molecule has 0 amide bonds. The standard InChI is InChI=1S/C14H14IN3O2/c1-19-9-3-4-13-14(15)18(17-16-13)10-11-5-7-12(20-2)8-6-11/h5-8H,9-10H2,1-2H3. The Balaban J connectivity index is 2.12. The van der Waals surface area contributed by atoms with Gasteiger partial charge in [0.1, 0.15) is 16.1 Å². The molecule has 1 heterocycles. The van der Waals surface area contributed by atoms with Gasteiger partial charge in [0.15, 0.2) is 5.69 Å². The second-order valence-corrected chi connectivity index (χ2v) is 4.99. The molecule has 0 aliphatic rings. The van der Waals surface area contributed by atoms with Gasteiger partial charge in [0, 0.05) is 7.11 Å². The Labute approximate surface area is 131 Å². The lowest BCUT2D eigenvalue weighted by molar-refractivity contribution is 0.240. The van der Waals surface area contributed by atoms with Gasteiger partial charge < -0.3 is 9.47 Å². The zero-order valence-electron chi connectivity index (χ0n) is 11.3. The summed E-state index contributed by atoms with van der Waals surface area (Å²) in [5.74, 6) is 6.66. The van der Waals surface area contributed by atoms with E-state index in [-0.39, 0.29) is 0 Å². The number of methoxy groups -OCH3 is 2. The molecule has 0 saturated carbocycles. The largest absolute Gasteiger partial charge is 0.497 e. The summed E-state index contributed by atoms with van der Waals surface area (Å²) in [5, 5.41) is 8.19. The topological polar surface area (TPSA) is 49.2 Å². The summed E-state index contributed by atoms with van der Waals surface area (Å²) < 4.78 is 12.8. The molecule has 104 valence electrons. The Hall–Kier alpha value is -1.59. The highest BCUT2D eigenvalue weighted by Crippen LogP contribution is 2.14. The maximum Gasteiger partial charge on any atom is 0.169 e. The zero-order valence-corrected chi connectivity index (χ0v) is 13.4. The van der Waals surface area contributed by atoms with E-state index in [1.807, 2.05) is 28.9 Å². The monoisotopic (exact) mass is 383 g/mol. The van der Waals surface area contributed by atoms with Gasteiger partial charge in [0.05, 0.1) is 13.7 Å². The first-order valence-electron chi connectivity index (χ1n) is 5.94. The SMILES string of the molecule is COCC#Cc1nnn(Cc2ccc(OC)cc2)c1I. The van der Waals surface area contributed by atoms with Gasteiger partial charge in [-0.05, 0) is 46.2 Å². The lowest BCUT2D eigenvalue weighted by atomic mass is 10.2. The predicted octanol–water partition coefficient (Wildman–Crippen LogP) is 1.94. The van der Waals surface area contributed by atoms with Crippen LogP contribution in [0, 0.1) is 15.5 Å². The van der Waals surface area contributed by atoms with Crippen molar-refractivity contribution in [3.05, 3.63) is 39.2 Å². The highest BCUT2D eigenvalue weighted by atomic mass is 127. The van der Waals surface area contributed by atoms with Crippen molar-refractivity contribution < 1.29 is 9.47 Å². The van der Waals surface area contributed by atoms with Crippen LogP contribution in [0.25, 0.3) is 0 Å². The normalized spacial score (nSPS) is 9.95. The number of aromatic nitrogens is 3. The number of rotatable bonds is 4. The lowest BCUT2D eigenvalue weighted by Crippen LogP contribution is -2.04. The summed E-state index contributed by atoms with van der Waals surface area (Å²) in [7, 11) is 3.26. The molecule has 20 heavy (non-hydrogen) atoms. The molecule has 0 radical (unpaired) electrons. The Bertz CT molecular complexity index is 626. The first-order valence-corrected chi connectivity index (χ1v) is 7.02. The van der Waals surface area contributed by atoms with Gasteiger partial charge in [-0.2, -0.15) is 0 Å². The Kier molecular flexibility index (Phi) is 5.38. The molecule has 0 aliphatic carbocycles. The maximum absolute atomic E-state index is 5.14. The second-order valence-electron chi connectivity index (χ2n) is 3.97. The van der Waals surface area contributed by atoms with Crippen molar-refractivity contribution in [2.24, 2.45) is 0 Å². The molecule has 6 heteroatoms. The molecule has 1 aromatic heterocycles. The summed E-state index contributed by atoms with van der Waals surface area (Å²) in [6, 6.07) is 7.87. The minimum Gasteiger partial charge on any atom is -0.497 e. The quantitative estimate of drug-likeness (QED) is 0.598. The number of hydrogen-bond acceptors (Lipinski definition) is 4. The number of hydrogen-bond donors (Lipinski definition) is 0. The van der Waals surface area contributed by atoms with E-state index in [0.717, 1.165) is 15.0 Å². The van der Waals surface area contributed by atoms with E-state index >= 15 is 0 Å². The van der Waals surface area contributed by atoms with E-state index in [1.54, 1.807) is 14.2 Å². The number of benzene rings is 1. The van der Waals surface area contributed by atoms with Crippen molar-refractivity contribution in [1.29, 1.82) is 0 Å². The number of nitrogens with zero attached hydrogens (tertiary/aromatic N) is 3. The van der Waals surface area contributed by atoms with Crippen LogP contribution in [0.5, 0.6) is 5.75 Å². The molecule has 0 unspecified atom stereocenters. The fourth-order valence-electron chi connectivity index (χ4n) is 1.57. The molecule has 0 atom stereocenters. The summed E-state index contributed by atoms with van der Waals surface area (Å²) in [4.78, 5) is 0. The van der Waals surface area contributed by atoms with Crippen LogP contribution in [-0.4, -0.2) is 35.8 Å². The predicted molar refractivity (Wildman–Crippen MR) is 83.6 cm³/mol. The first-order chi connectivity index (χ1) is 9.74. The molecule has 0 fully saturated rings. The van der Waals surface area contributed by atoms with E-state index < -0.39 is 0 Å². The van der Waals surface area contributed by atoms with Crippen LogP contribution in [0.1, 0.15) is 11.3 Å². The van der Waals surface area contributed by atoms with Crippen molar-refractivity contribution >= 4 is 22.6 Å². The van der Waals surface area contributed by atoms with Crippen molar-refractivity contribution in [1.82, 2.24) is 15.0 Å². The molecule has 2 rings (SSSR count). The third kappa shape index (κ3) is 3.71. The van der Waals surface area contributed by atoms with Gasteiger partial charge in [-0.3, -0.25) is 0 Å². The van der Waals surface area contributed by atoms with Crippen LogP contribution in [-0.2, 0) is 11.3 Å². The van der Waals surface area contributed by atoms with Gasteiger partial charge in [-0.1, -0.05) is 23.3 Å². The maximum atomic E-state index is 5.14. The average molecular weight is 383 g/mol. The van der Waals surface area contributed by atoms with Crippen LogP contribution in [0.3, 0.4) is 0 Å². The van der Waals surface area contributed by atoms with Crippen molar-refractivity contribution in [3.8, 4) is 17.6 Å². The molecular formula is C14H14IN3O2. The fourth-order valence-corrected chi connectivity index (χ4v) is 2.08. The smallest absolute Gasteiger partial charge is 0.169 e. The van der Waals surface area contributed by atoms with Crippen LogP contribution >= 0.6 is 22.6 Å². The number of ether oxygens (including phenoxy) is 2. The summed E-state index contributed by atoms with van der Waals surface area (Å²) in [6.07, 6.45) is 0. The van der Waals surface area contributed by atoms with Crippen LogP contribution in [0.4, 0.5) is 0 Å². The minimum absolute atomic E-state index is 0.390. The van der Waals surface area contributed by atoms with E-state index in [0.29, 0.717) is 18.8 Å². The van der Waals surface area contributed by atoms with Gasteiger partial charge >= 0.3 is 0 Å². The third-order valence-corrected chi connectivity index (χ3v) is 3.66. The Morgan fingerprint density at radius 2 is 2.00 bits per heavy atom. The molecular weight excluding hydrogens is 369 g/mol. The summed E-state index contributed by atoms with van der Waals surface area (Å²) >= 11 is 2.20. The van der Waals surface area contributed by atoms with Crippen molar-refractivity contribution in [2.45, 2.75) is 6.54 Å². The van der Waals surface area contributed by atoms with Crippen molar-refractivity contribution in [2.75, 3.05) is 20.8 Å². The lowest BCUT2D eigenvalue weighted by Gasteiger charge is -2.04. The number of halogens is 1. The van der Waals surface area contributed by atoms with E-state index in [4.69, 9.17) is 9.47 Å². The highest BCUT2D eigenvalue weighted by Gasteiger charge is 2.08. The molecule has 5 nitrogen and oxygen atoms in total. The van der Waals surface area contributed by atoms with Gasteiger partial charge in [0.2, 0.25) is 0 Å². The third-order valence-electron chi connectivity index (χ3n) is 2.59. The molecule has 0 saturated heterocycles. The molecule has 0 aliphatic heterocycles. The van der Waals surface area contributed by atoms with E-state index in [9.17, 15) is 0 Å². The van der Waals surface area contributed by atoms with Crippen LogP contribution < -0.4 is 4.74 Å². The zero-order chi connectivity index (χ0) is 14.4. The second kappa shape index (κ2) is 7.26. The molecule has 1 aromatic carbocycles. The molecule has 0 N–H and O–H groups in total.